The summed E-state index contributed by atoms with van der Waals surface area (Å²) in [5.74, 6) is -1.23. The Morgan fingerprint density at radius 2 is 1.89 bits per heavy atom. The molecule has 2 aromatic carbocycles. The Morgan fingerprint density at radius 1 is 1.11 bits per heavy atom. The molecule has 3 aliphatic heterocycles. The van der Waals surface area contributed by atoms with Crippen LogP contribution in [-0.4, -0.2) is 60.1 Å². The van der Waals surface area contributed by atoms with E-state index < -0.39 is 36.8 Å². The fraction of sp³-hybridized carbons (Fsp3) is 0.360. The molecule has 9 nitrogen and oxygen atoms in total. The van der Waals surface area contributed by atoms with Crippen LogP contribution < -0.4 is 15.5 Å². The van der Waals surface area contributed by atoms with Gasteiger partial charge in [0.2, 0.25) is 11.8 Å². The van der Waals surface area contributed by atoms with Crippen molar-refractivity contribution < 1.29 is 37.1 Å². The van der Waals surface area contributed by atoms with E-state index in [1.807, 2.05) is 6.07 Å². The number of anilines is 2. The number of hydrogen-bond donors (Lipinski definition) is 2. The number of benzene rings is 2. The minimum absolute atomic E-state index is 0.142. The number of carbonyl (C=O) groups is 4. The first-order valence-electron chi connectivity index (χ1n) is 11.7. The fourth-order valence-electron chi connectivity index (χ4n) is 5.02. The highest BCUT2D eigenvalue weighted by molar-refractivity contribution is 6.07. The summed E-state index contributed by atoms with van der Waals surface area (Å²) < 4.78 is 42.6. The molecule has 2 aromatic rings. The SMILES string of the molecule is O=C1CCC(N2Cc3cc(NC(=O)N4c5ccccc5CC4COCC(F)(F)F)ccc3C2=O)C(=O)N1. The molecule has 5 rings (SSSR count). The van der Waals surface area contributed by atoms with E-state index in [-0.39, 0.29) is 37.8 Å². The van der Waals surface area contributed by atoms with Crippen LogP contribution in [0, 0.1) is 0 Å². The van der Waals surface area contributed by atoms with Crippen molar-refractivity contribution in [2.24, 2.45) is 0 Å². The number of halogens is 3. The minimum Gasteiger partial charge on any atom is -0.370 e. The van der Waals surface area contributed by atoms with E-state index in [0.717, 1.165) is 5.56 Å². The highest BCUT2D eigenvalue weighted by Crippen LogP contribution is 2.34. The van der Waals surface area contributed by atoms with Crippen molar-refractivity contribution in [1.82, 2.24) is 10.2 Å². The number of urea groups is 1. The molecule has 1 fully saturated rings. The van der Waals surface area contributed by atoms with Crippen molar-refractivity contribution in [3.05, 3.63) is 59.2 Å². The number of nitrogens with one attached hydrogen (secondary N) is 2. The van der Waals surface area contributed by atoms with Crippen LogP contribution >= 0.6 is 0 Å². The molecule has 3 heterocycles. The summed E-state index contributed by atoms with van der Waals surface area (Å²) in [4.78, 5) is 52.7. The monoisotopic (exact) mass is 516 g/mol. The van der Waals surface area contributed by atoms with Gasteiger partial charge in [-0.05, 0) is 48.2 Å². The van der Waals surface area contributed by atoms with Crippen LogP contribution in [0.1, 0.15) is 34.3 Å². The molecule has 0 aliphatic carbocycles. The van der Waals surface area contributed by atoms with Gasteiger partial charge in [-0.3, -0.25) is 24.6 Å². The van der Waals surface area contributed by atoms with Gasteiger partial charge in [-0.15, -0.1) is 0 Å². The summed E-state index contributed by atoms with van der Waals surface area (Å²) in [5, 5.41) is 5.02. The predicted octanol–water partition coefficient (Wildman–Crippen LogP) is 2.99. The first-order valence-corrected chi connectivity index (χ1v) is 11.7. The van der Waals surface area contributed by atoms with Crippen molar-refractivity contribution >= 4 is 35.1 Å². The maximum atomic E-state index is 13.3. The van der Waals surface area contributed by atoms with Crippen LogP contribution in [-0.2, 0) is 27.3 Å². The second kappa shape index (κ2) is 9.51. The minimum atomic E-state index is -4.47. The zero-order chi connectivity index (χ0) is 26.3. The van der Waals surface area contributed by atoms with E-state index in [9.17, 15) is 32.3 Å². The van der Waals surface area contributed by atoms with Gasteiger partial charge in [0.15, 0.2) is 0 Å². The average molecular weight is 516 g/mol. The smallest absolute Gasteiger partial charge is 0.370 e. The number of para-hydroxylation sites is 1. The molecule has 3 aliphatic rings. The topological polar surface area (TPSA) is 108 Å². The Bertz CT molecular complexity index is 1280. The van der Waals surface area contributed by atoms with E-state index in [1.54, 1.807) is 36.4 Å². The number of rotatable bonds is 5. The van der Waals surface area contributed by atoms with Crippen LogP contribution in [0.5, 0.6) is 0 Å². The molecule has 0 saturated carbocycles. The Morgan fingerprint density at radius 3 is 2.65 bits per heavy atom. The van der Waals surface area contributed by atoms with Gasteiger partial charge in [0.05, 0.1) is 12.6 Å². The second-order valence-electron chi connectivity index (χ2n) is 9.19. The summed E-state index contributed by atoms with van der Waals surface area (Å²) in [7, 11) is 0. The van der Waals surface area contributed by atoms with Crippen LogP contribution in [0.4, 0.5) is 29.3 Å². The Kier molecular flexibility index (Phi) is 6.36. The molecule has 2 unspecified atom stereocenters. The van der Waals surface area contributed by atoms with Gasteiger partial charge in [0.1, 0.15) is 12.6 Å². The van der Waals surface area contributed by atoms with Crippen molar-refractivity contribution in [1.29, 1.82) is 0 Å². The number of nitrogens with zero attached hydrogens (tertiary/aromatic N) is 2. The van der Waals surface area contributed by atoms with E-state index in [4.69, 9.17) is 4.74 Å². The Labute approximate surface area is 209 Å². The number of alkyl halides is 3. The predicted molar refractivity (Wildman–Crippen MR) is 125 cm³/mol. The molecule has 5 amide bonds. The molecule has 37 heavy (non-hydrogen) atoms. The zero-order valence-electron chi connectivity index (χ0n) is 19.5. The third kappa shape index (κ3) is 5.01. The van der Waals surface area contributed by atoms with Gasteiger partial charge in [0.25, 0.3) is 5.91 Å². The maximum Gasteiger partial charge on any atom is 0.411 e. The summed E-state index contributed by atoms with van der Waals surface area (Å²) in [6.45, 7) is -1.55. The lowest BCUT2D eigenvalue weighted by Gasteiger charge is -2.29. The number of ether oxygens (including phenoxy) is 1. The molecular formula is C25H23F3N4O5. The number of imide groups is 1. The van der Waals surface area contributed by atoms with Crippen LogP contribution in [0.15, 0.2) is 42.5 Å². The number of hydrogen-bond acceptors (Lipinski definition) is 5. The lowest BCUT2D eigenvalue weighted by molar-refractivity contribution is -0.174. The van der Waals surface area contributed by atoms with Crippen molar-refractivity contribution in [2.45, 2.75) is 44.1 Å². The normalized spacial score (nSPS) is 21.1. The lowest BCUT2D eigenvalue weighted by Crippen LogP contribution is -2.52. The highest BCUT2D eigenvalue weighted by Gasteiger charge is 2.40. The third-order valence-electron chi connectivity index (χ3n) is 6.64. The maximum absolute atomic E-state index is 13.3. The average Bonchev–Trinajstić information content (AvgIpc) is 3.35. The van der Waals surface area contributed by atoms with Crippen molar-refractivity contribution in [2.75, 3.05) is 23.4 Å². The van der Waals surface area contributed by atoms with Crippen molar-refractivity contribution in [3.8, 4) is 0 Å². The molecule has 194 valence electrons. The molecule has 2 atom stereocenters. The van der Waals surface area contributed by atoms with Gasteiger partial charge in [0, 0.05) is 29.9 Å². The number of amides is 5. The molecule has 1 saturated heterocycles. The van der Waals surface area contributed by atoms with Crippen molar-refractivity contribution in [3.63, 3.8) is 0 Å². The third-order valence-corrected chi connectivity index (χ3v) is 6.64. The van der Waals surface area contributed by atoms with E-state index in [2.05, 4.69) is 10.6 Å². The van der Waals surface area contributed by atoms with E-state index >= 15 is 0 Å². The van der Waals surface area contributed by atoms with Crippen LogP contribution in [0.2, 0.25) is 0 Å². The molecule has 0 spiro atoms. The number of piperidine rings is 1. The zero-order valence-corrected chi connectivity index (χ0v) is 19.5. The molecule has 0 bridgehead atoms. The van der Waals surface area contributed by atoms with Gasteiger partial charge in [-0.25, -0.2) is 4.79 Å². The van der Waals surface area contributed by atoms with E-state index in [0.29, 0.717) is 28.9 Å². The van der Waals surface area contributed by atoms with Crippen LogP contribution in [0.3, 0.4) is 0 Å². The quantitative estimate of drug-likeness (QED) is 0.595. The first-order chi connectivity index (χ1) is 17.6. The Hall–Kier alpha value is -3.93. The summed E-state index contributed by atoms with van der Waals surface area (Å²) in [5.41, 5.74) is 2.80. The molecule has 12 heteroatoms. The van der Waals surface area contributed by atoms with Gasteiger partial charge < -0.3 is 15.0 Å². The molecule has 2 N–H and O–H groups in total. The van der Waals surface area contributed by atoms with Crippen LogP contribution in [0.25, 0.3) is 0 Å². The van der Waals surface area contributed by atoms with Gasteiger partial charge >= 0.3 is 12.2 Å². The lowest BCUT2D eigenvalue weighted by atomic mass is 10.0. The number of fused-ring (bicyclic) bond motifs is 2. The largest absolute Gasteiger partial charge is 0.411 e. The molecule has 0 radical (unpaired) electrons. The second-order valence-corrected chi connectivity index (χ2v) is 9.19. The van der Waals surface area contributed by atoms with Gasteiger partial charge in [-0.1, -0.05) is 18.2 Å². The van der Waals surface area contributed by atoms with E-state index in [1.165, 1.54) is 9.80 Å². The molecule has 0 aromatic heterocycles. The number of carbonyl (C=O) groups excluding carboxylic acids is 4. The standard InChI is InChI=1S/C25H23F3N4O5/c26-25(27,28)13-37-12-17-10-14-3-1-2-4-19(14)32(17)24(36)29-16-5-6-18-15(9-16)11-31(23(18)35)20-7-8-21(33)30-22(20)34/h1-6,9,17,20H,7-8,10-13H2,(H,29,36)(H,30,33,34). The summed E-state index contributed by atoms with van der Waals surface area (Å²) in [6.07, 6.45) is -3.74. The highest BCUT2D eigenvalue weighted by atomic mass is 19.4. The van der Waals surface area contributed by atoms with Gasteiger partial charge in [-0.2, -0.15) is 13.2 Å². The Balaban J connectivity index is 1.30. The molecular weight excluding hydrogens is 493 g/mol. The first kappa shape index (κ1) is 24.8. The fourth-order valence-corrected chi connectivity index (χ4v) is 5.02. The summed E-state index contributed by atoms with van der Waals surface area (Å²) in [6, 6.07) is 9.88. The summed E-state index contributed by atoms with van der Waals surface area (Å²) >= 11 is 0.